The number of aryl methyl sites for hydroxylation is 1. The van der Waals surface area contributed by atoms with E-state index in [2.05, 4.69) is 15.7 Å². The Hall–Kier alpha value is -3.16. The Bertz CT molecular complexity index is 935. The molecule has 1 saturated heterocycles. The van der Waals surface area contributed by atoms with E-state index >= 15 is 0 Å². The van der Waals surface area contributed by atoms with Crippen LogP contribution in [0.25, 0.3) is 0 Å². The average Bonchev–Trinajstić information content (AvgIpc) is 3.42. The van der Waals surface area contributed by atoms with Gasteiger partial charge in [-0.25, -0.2) is 9.48 Å². The van der Waals surface area contributed by atoms with Crippen molar-refractivity contribution in [2.24, 2.45) is 5.92 Å². The number of rotatable bonds is 6. The summed E-state index contributed by atoms with van der Waals surface area (Å²) in [7, 11) is 0. The molecule has 1 aliphatic heterocycles. The molecule has 4 rings (SSSR count). The van der Waals surface area contributed by atoms with Crippen LogP contribution in [0.3, 0.4) is 0 Å². The molecule has 146 valence electrons. The van der Waals surface area contributed by atoms with Gasteiger partial charge in [0.05, 0.1) is 12.2 Å². The molecule has 1 aromatic heterocycles. The van der Waals surface area contributed by atoms with Gasteiger partial charge in [-0.1, -0.05) is 30.3 Å². The molecule has 1 aromatic carbocycles. The second-order valence-electron chi connectivity index (χ2n) is 7.66. The molecular formula is C20H23N5O3. The third-order valence-corrected chi connectivity index (χ3v) is 5.34. The van der Waals surface area contributed by atoms with Gasteiger partial charge in [0.25, 0.3) is 5.91 Å². The molecule has 4 amide bonds. The maximum Gasteiger partial charge on any atom is 0.325 e. The molecule has 0 spiro atoms. The van der Waals surface area contributed by atoms with E-state index in [1.54, 1.807) is 17.7 Å². The van der Waals surface area contributed by atoms with Crippen molar-refractivity contribution in [1.29, 1.82) is 0 Å². The molecular weight excluding hydrogens is 358 g/mol. The Morgan fingerprint density at radius 1 is 1.29 bits per heavy atom. The fourth-order valence-electron chi connectivity index (χ4n) is 3.65. The lowest BCUT2D eigenvalue weighted by atomic mass is 9.96. The largest absolute Gasteiger partial charge is 0.325 e. The molecule has 0 bridgehead atoms. The van der Waals surface area contributed by atoms with Gasteiger partial charge in [-0.15, -0.1) is 0 Å². The SMILES string of the molecule is Cc1cc(NC(=O)CN2C(=O)NC(C)(C3CC3)C2=O)n(Cc2ccccc2)n1. The summed E-state index contributed by atoms with van der Waals surface area (Å²) in [4.78, 5) is 38.4. The lowest BCUT2D eigenvalue weighted by Crippen LogP contribution is -2.46. The van der Waals surface area contributed by atoms with Crippen LogP contribution < -0.4 is 10.6 Å². The predicted octanol–water partition coefficient (Wildman–Crippen LogP) is 1.90. The summed E-state index contributed by atoms with van der Waals surface area (Å²) in [6, 6.07) is 11.0. The summed E-state index contributed by atoms with van der Waals surface area (Å²) < 4.78 is 1.70. The Morgan fingerprint density at radius 2 is 2.00 bits per heavy atom. The second-order valence-corrected chi connectivity index (χ2v) is 7.66. The van der Waals surface area contributed by atoms with Crippen molar-refractivity contribution in [3.8, 4) is 0 Å². The molecule has 8 nitrogen and oxygen atoms in total. The number of anilines is 1. The minimum Gasteiger partial charge on any atom is -0.323 e. The zero-order valence-electron chi connectivity index (χ0n) is 15.9. The predicted molar refractivity (Wildman–Crippen MR) is 103 cm³/mol. The maximum absolute atomic E-state index is 12.7. The number of urea groups is 1. The number of carbonyl (C=O) groups excluding carboxylic acids is 3. The van der Waals surface area contributed by atoms with Crippen LogP contribution in [0.4, 0.5) is 10.6 Å². The van der Waals surface area contributed by atoms with Gasteiger partial charge in [0, 0.05) is 6.07 Å². The van der Waals surface area contributed by atoms with Crippen molar-refractivity contribution in [2.75, 3.05) is 11.9 Å². The fourth-order valence-corrected chi connectivity index (χ4v) is 3.65. The lowest BCUT2D eigenvalue weighted by molar-refractivity contribution is -0.134. The van der Waals surface area contributed by atoms with E-state index in [9.17, 15) is 14.4 Å². The number of hydrogen-bond donors (Lipinski definition) is 2. The molecule has 2 fully saturated rings. The van der Waals surface area contributed by atoms with E-state index in [0.29, 0.717) is 12.4 Å². The highest BCUT2D eigenvalue weighted by Gasteiger charge is 2.56. The smallest absolute Gasteiger partial charge is 0.323 e. The minimum absolute atomic E-state index is 0.159. The van der Waals surface area contributed by atoms with E-state index in [0.717, 1.165) is 29.0 Å². The van der Waals surface area contributed by atoms with Gasteiger partial charge in [-0.3, -0.25) is 14.5 Å². The summed E-state index contributed by atoms with van der Waals surface area (Å²) in [6.07, 6.45) is 1.83. The number of nitrogens with one attached hydrogen (secondary N) is 2. The summed E-state index contributed by atoms with van der Waals surface area (Å²) in [5, 5.41) is 9.95. The zero-order valence-corrected chi connectivity index (χ0v) is 15.9. The topological polar surface area (TPSA) is 96.3 Å². The second kappa shape index (κ2) is 6.78. The average molecular weight is 381 g/mol. The van der Waals surface area contributed by atoms with E-state index in [1.165, 1.54) is 0 Å². The molecule has 28 heavy (non-hydrogen) atoms. The summed E-state index contributed by atoms with van der Waals surface area (Å²) in [5.74, 6) is -0.0720. The van der Waals surface area contributed by atoms with Gasteiger partial charge in [0.1, 0.15) is 17.9 Å². The summed E-state index contributed by atoms with van der Waals surface area (Å²) in [5.41, 5.74) is 0.932. The Morgan fingerprint density at radius 3 is 2.68 bits per heavy atom. The quantitative estimate of drug-likeness (QED) is 0.747. The molecule has 1 atom stereocenters. The molecule has 1 aliphatic carbocycles. The molecule has 2 aromatic rings. The first-order valence-electron chi connectivity index (χ1n) is 9.39. The van der Waals surface area contributed by atoms with Crippen molar-refractivity contribution in [1.82, 2.24) is 20.0 Å². The molecule has 1 saturated carbocycles. The van der Waals surface area contributed by atoms with Crippen LogP contribution in [0, 0.1) is 12.8 Å². The first-order valence-corrected chi connectivity index (χ1v) is 9.39. The van der Waals surface area contributed by atoms with Crippen LogP contribution in [0.5, 0.6) is 0 Å². The number of benzene rings is 1. The highest BCUT2D eigenvalue weighted by molar-refractivity contribution is 6.10. The molecule has 2 heterocycles. The van der Waals surface area contributed by atoms with E-state index in [4.69, 9.17) is 0 Å². The van der Waals surface area contributed by atoms with Gasteiger partial charge in [-0.2, -0.15) is 5.10 Å². The maximum atomic E-state index is 12.7. The molecule has 8 heteroatoms. The van der Waals surface area contributed by atoms with Crippen molar-refractivity contribution in [3.63, 3.8) is 0 Å². The van der Waals surface area contributed by atoms with Crippen molar-refractivity contribution < 1.29 is 14.4 Å². The van der Waals surface area contributed by atoms with Crippen LogP contribution in [-0.2, 0) is 16.1 Å². The first-order chi connectivity index (χ1) is 13.4. The molecule has 2 N–H and O–H groups in total. The Kier molecular flexibility index (Phi) is 4.41. The van der Waals surface area contributed by atoms with E-state index in [1.807, 2.05) is 37.3 Å². The van der Waals surface area contributed by atoms with Gasteiger partial charge in [0.15, 0.2) is 0 Å². The Labute approximate surface area is 162 Å². The van der Waals surface area contributed by atoms with Gasteiger partial charge in [0.2, 0.25) is 5.91 Å². The Balaban J connectivity index is 1.44. The van der Waals surface area contributed by atoms with Crippen molar-refractivity contribution in [2.45, 2.75) is 38.8 Å². The van der Waals surface area contributed by atoms with Gasteiger partial charge in [-0.05, 0) is 38.2 Å². The fraction of sp³-hybridized carbons (Fsp3) is 0.400. The molecule has 2 aliphatic rings. The number of imide groups is 1. The van der Waals surface area contributed by atoms with Crippen LogP contribution >= 0.6 is 0 Å². The summed E-state index contributed by atoms with van der Waals surface area (Å²) >= 11 is 0. The van der Waals surface area contributed by atoms with E-state index < -0.39 is 17.5 Å². The van der Waals surface area contributed by atoms with Crippen LogP contribution in [0.1, 0.15) is 31.0 Å². The van der Waals surface area contributed by atoms with Crippen molar-refractivity contribution in [3.05, 3.63) is 47.7 Å². The zero-order chi connectivity index (χ0) is 19.9. The molecule has 0 radical (unpaired) electrons. The van der Waals surface area contributed by atoms with Gasteiger partial charge < -0.3 is 10.6 Å². The third kappa shape index (κ3) is 3.37. The number of hydrogen-bond acceptors (Lipinski definition) is 4. The minimum atomic E-state index is -0.886. The number of nitrogens with zero attached hydrogens (tertiary/aromatic N) is 3. The number of aromatic nitrogens is 2. The number of carbonyl (C=O) groups is 3. The number of amides is 4. The molecule has 1 unspecified atom stereocenters. The summed E-state index contributed by atoms with van der Waals surface area (Å²) in [6.45, 7) is 3.77. The van der Waals surface area contributed by atoms with Crippen LogP contribution in [0.15, 0.2) is 36.4 Å². The highest BCUT2D eigenvalue weighted by Crippen LogP contribution is 2.42. The van der Waals surface area contributed by atoms with E-state index in [-0.39, 0.29) is 18.4 Å². The normalized spacial score (nSPS) is 21.7. The first kappa shape index (κ1) is 18.2. The monoisotopic (exact) mass is 381 g/mol. The highest BCUT2D eigenvalue weighted by atomic mass is 16.2. The van der Waals surface area contributed by atoms with Crippen molar-refractivity contribution >= 4 is 23.7 Å². The van der Waals surface area contributed by atoms with Gasteiger partial charge >= 0.3 is 6.03 Å². The lowest BCUT2D eigenvalue weighted by Gasteiger charge is -2.20. The third-order valence-electron chi connectivity index (χ3n) is 5.34. The van der Waals surface area contributed by atoms with Crippen LogP contribution in [-0.4, -0.2) is 44.6 Å². The van der Waals surface area contributed by atoms with Crippen LogP contribution in [0.2, 0.25) is 0 Å². The standard InChI is InChI=1S/C20H23N5O3/c1-13-10-16(25(23-13)11-14-6-4-3-5-7-14)21-17(26)12-24-18(27)20(2,15-8-9-15)22-19(24)28/h3-7,10,15H,8-9,11-12H2,1-2H3,(H,21,26)(H,22,28).